The van der Waals surface area contributed by atoms with E-state index in [-0.39, 0.29) is 5.69 Å². The molecule has 1 aromatic heterocycles. The molecule has 2 aromatic carbocycles. The van der Waals surface area contributed by atoms with Crippen molar-refractivity contribution in [3.8, 4) is 17.0 Å². The lowest BCUT2D eigenvalue weighted by Gasteiger charge is -2.02. The maximum Gasteiger partial charge on any atom is 0.270 e. The van der Waals surface area contributed by atoms with Gasteiger partial charge in [0, 0.05) is 28.6 Å². The van der Waals surface area contributed by atoms with Crippen LogP contribution in [0.5, 0.6) is 5.75 Å². The Balaban J connectivity index is 2.20. The van der Waals surface area contributed by atoms with Crippen LogP contribution in [-0.4, -0.2) is 23.3 Å². The minimum absolute atomic E-state index is 0.0455. The molecule has 0 unspecified atom stereocenters. The average molecular weight is 296 g/mol. The quantitative estimate of drug-likeness (QED) is 0.453. The SMILES string of the molecule is COc1ccc(-c2[nH]c3ccc([N+](=O)[O-])cc3c2C=O)cc1. The highest BCUT2D eigenvalue weighted by atomic mass is 16.6. The summed E-state index contributed by atoms with van der Waals surface area (Å²) in [5.41, 5.74) is 2.48. The molecule has 0 aliphatic rings. The third-order valence-corrected chi connectivity index (χ3v) is 3.53. The predicted molar refractivity (Wildman–Crippen MR) is 82.3 cm³/mol. The van der Waals surface area contributed by atoms with Crippen LogP contribution in [0.4, 0.5) is 5.69 Å². The molecule has 0 saturated heterocycles. The zero-order chi connectivity index (χ0) is 15.7. The van der Waals surface area contributed by atoms with Gasteiger partial charge < -0.3 is 9.72 Å². The summed E-state index contributed by atoms with van der Waals surface area (Å²) in [4.78, 5) is 25.0. The Hall–Kier alpha value is -3.15. The number of nitro benzene ring substituents is 1. The monoisotopic (exact) mass is 296 g/mol. The number of H-pyrrole nitrogens is 1. The van der Waals surface area contributed by atoms with E-state index >= 15 is 0 Å². The molecule has 3 rings (SSSR count). The maximum atomic E-state index is 11.5. The largest absolute Gasteiger partial charge is 0.497 e. The van der Waals surface area contributed by atoms with Crippen LogP contribution in [0.3, 0.4) is 0 Å². The van der Waals surface area contributed by atoms with E-state index < -0.39 is 4.92 Å². The Labute approximate surface area is 125 Å². The number of aromatic nitrogens is 1. The Morgan fingerprint density at radius 2 is 1.91 bits per heavy atom. The van der Waals surface area contributed by atoms with Crippen molar-refractivity contribution in [2.45, 2.75) is 0 Å². The lowest BCUT2D eigenvalue weighted by Crippen LogP contribution is -1.88. The summed E-state index contributed by atoms with van der Waals surface area (Å²) < 4.78 is 5.11. The van der Waals surface area contributed by atoms with Gasteiger partial charge in [0.2, 0.25) is 0 Å². The van der Waals surface area contributed by atoms with Gasteiger partial charge in [-0.3, -0.25) is 14.9 Å². The van der Waals surface area contributed by atoms with Crippen molar-refractivity contribution in [3.05, 3.63) is 58.1 Å². The Morgan fingerprint density at radius 3 is 2.50 bits per heavy atom. The standard InChI is InChI=1S/C16H12N2O4/c1-22-12-5-2-10(3-6-12)16-14(9-19)13-8-11(18(20)21)4-7-15(13)17-16/h2-9,17H,1H3. The lowest BCUT2D eigenvalue weighted by atomic mass is 10.1. The average Bonchev–Trinajstić information content (AvgIpc) is 2.92. The molecule has 0 aliphatic carbocycles. The van der Waals surface area contributed by atoms with E-state index in [0.29, 0.717) is 34.2 Å². The van der Waals surface area contributed by atoms with Crippen LogP contribution in [0, 0.1) is 10.1 Å². The molecule has 0 amide bonds. The van der Waals surface area contributed by atoms with E-state index in [1.54, 1.807) is 25.3 Å². The van der Waals surface area contributed by atoms with Gasteiger partial charge in [0.25, 0.3) is 5.69 Å². The summed E-state index contributed by atoms with van der Waals surface area (Å²) in [7, 11) is 1.58. The smallest absolute Gasteiger partial charge is 0.270 e. The third-order valence-electron chi connectivity index (χ3n) is 3.53. The molecule has 110 valence electrons. The van der Waals surface area contributed by atoms with Crippen molar-refractivity contribution in [1.82, 2.24) is 4.98 Å². The maximum absolute atomic E-state index is 11.5. The van der Waals surface area contributed by atoms with Crippen LogP contribution >= 0.6 is 0 Å². The highest BCUT2D eigenvalue weighted by Crippen LogP contribution is 2.32. The number of nitrogens with one attached hydrogen (secondary N) is 1. The first kappa shape index (κ1) is 13.8. The Kier molecular flexibility index (Phi) is 3.34. The number of carbonyl (C=O) groups is 1. The van der Waals surface area contributed by atoms with E-state index in [1.807, 2.05) is 12.1 Å². The number of aldehydes is 1. The molecule has 0 aliphatic heterocycles. The van der Waals surface area contributed by atoms with Crippen LogP contribution in [0.25, 0.3) is 22.2 Å². The number of fused-ring (bicyclic) bond motifs is 1. The minimum atomic E-state index is -0.478. The number of hydrogen-bond donors (Lipinski definition) is 1. The zero-order valence-corrected chi connectivity index (χ0v) is 11.7. The van der Waals surface area contributed by atoms with Crippen LogP contribution in [0.15, 0.2) is 42.5 Å². The van der Waals surface area contributed by atoms with Gasteiger partial charge in [-0.1, -0.05) is 0 Å². The molecule has 0 spiro atoms. The van der Waals surface area contributed by atoms with Gasteiger partial charge in [0.1, 0.15) is 5.75 Å². The molecular formula is C16H12N2O4. The summed E-state index contributed by atoms with van der Waals surface area (Å²) in [6, 6.07) is 11.6. The number of aromatic amines is 1. The Bertz CT molecular complexity index is 866. The lowest BCUT2D eigenvalue weighted by molar-refractivity contribution is -0.384. The second-order valence-electron chi connectivity index (χ2n) is 4.75. The second-order valence-corrected chi connectivity index (χ2v) is 4.75. The van der Waals surface area contributed by atoms with Gasteiger partial charge in [-0.15, -0.1) is 0 Å². The number of benzene rings is 2. The first-order chi connectivity index (χ1) is 10.6. The predicted octanol–water partition coefficient (Wildman–Crippen LogP) is 3.56. The molecule has 3 aromatic rings. The van der Waals surface area contributed by atoms with Gasteiger partial charge in [-0.25, -0.2) is 0 Å². The fourth-order valence-electron chi connectivity index (χ4n) is 2.42. The third kappa shape index (κ3) is 2.20. The van der Waals surface area contributed by atoms with Gasteiger partial charge in [-0.05, 0) is 35.9 Å². The highest BCUT2D eigenvalue weighted by molar-refractivity contribution is 6.05. The van der Waals surface area contributed by atoms with Crippen LogP contribution in [0.1, 0.15) is 10.4 Å². The van der Waals surface area contributed by atoms with Crippen molar-refractivity contribution in [1.29, 1.82) is 0 Å². The summed E-state index contributed by atoms with van der Waals surface area (Å²) in [6.45, 7) is 0. The summed E-state index contributed by atoms with van der Waals surface area (Å²) in [6.07, 6.45) is 0.710. The van der Waals surface area contributed by atoms with Gasteiger partial charge in [-0.2, -0.15) is 0 Å². The number of non-ortho nitro benzene ring substituents is 1. The molecule has 6 heteroatoms. The number of carbonyl (C=O) groups excluding carboxylic acids is 1. The first-order valence-electron chi connectivity index (χ1n) is 6.53. The molecule has 0 atom stereocenters. The van der Waals surface area contributed by atoms with Gasteiger partial charge in [0.15, 0.2) is 6.29 Å². The zero-order valence-electron chi connectivity index (χ0n) is 11.7. The molecule has 0 saturated carbocycles. The Morgan fingerprint density at radius 1 is 1.18 bits per heavy atom. The van der Waals surface area contributed by atoms with E-state index in [2.05, 4.69) is 4.98 Å². The van der Waals surface area contributed by atoms with Gasteiger partial charge in [0.05, 0.1) is 17.7 Å². The van der Waals surface area contributed by atoms with Crippen LogP contribution in [-0.2, 0) is 0 Å². The minimum Gasteiger partial charge on any atom is -0.497 e. The summed E-state index contributed by atoms with van der Waals surface area (Å²) >= 11 is 0. The van der Waals surface area contributed by atoms with Crippen molar-refractivity contribution in [2.24, 2.45) is 0 Å². The fraction of sp³-hybridized carbons (Fsp3) is 0.0625. The van der Waals surface area contributed by atoms with Crippen LogP contribution < -0.4 is 4.74 Å². The topological polar surface area (TPSA) is 85.2 Å². The number of hydrogen-bond acceptors (Lipinski definition) is 4. The second kappa shape index (κ2) is 5.33. The highest BCUT2D eigenvalue weighted by Gasteiger charge is 2.16. The number of rotatable bonds is 4. The first-order valence-corrected chi connectivity index (χ1v) is 6.53. The summed E-state index contributed by atoms with van der Waals surface area (Å²) in [5, 5.41) is 11.4. The number of ether oxygens (including phenoxy) is 1. The normalized spacial score (nSPS) is 10.6. The molecule has 0 bridgehead atoms. The molecule has 22 heavy (non-hydrogen) atoms. The van der Waals surface area contributed by atoms with Crippen LogP contribution in [0.2, 0.25) is 0 Å². The van der Waals surface area contributed by atoms with Crippen molar-refractivity contribution in [2.75, 3.05) is 7.11 Å². The fourth-order valence-corrected chi connectivity index (χ4v) is 2.42. The van der Waals surface area contributed by atoms with E-state index in [1.165, 1.54) is 12.1 Å². The number of nitrogens with zero attached hydrogens (tertiary/aromatic N) is 1. The van der Waals surface area contributed by atoms with Crippen molar-refractivity contribution >= 4 is 22.9 Å². The van der Waals surface area contributed by atoms with Crippen molar-refractivity contribution in [3.63, 3.8) is 0 Å². The molecule has 0 radical (unpaired) electrons. The molecule has 1 N–H and O–H groups in total. The van der Waals surface area contributed by atoms with E-state index in [0.717, 1.165) is 5.56 Å². The molecule has 6 nitrogen and oxygen atoms in total. The number of methoxy groups -OCH3 is 1. The van der Waals surface area contributed by atoms with E-state index in [9.17, 15) is 14.9 Å². The molecule has 1 heterocycles. The summed E-state index contributed by atoms with van der Waals surface area (Å²) in [5.74, 6) is 0.711. The van der Waals surface area contributed by atoms with Gasteiger partial charge >= 0.3 is 0 Å². The van der Waals surface area contributed by atoms with Crippen molar-refractivity contribution < 1.29 is 14.5 Å². The molecule has 0 fully saturated rings. The number of nitro groups is 1. The molecular weight excluding hydrogens is 284 g/mol. The van der Waals surface area contributed by atoms with E-state index in [4.69, 9.17) is 4.74 Å².